The minimum absolute atomic E-state index is 0.0293. The number of carbonyl (C=O) groups excluding carboxylic acids is 2. The molecule has 0 aliphatic heterocycles. The summed E-state index contributed by atoms with van der Waals surface area (Å²) in [4.78, 5) is 23.4. The monoisotopic (exact) mass is 329 g/mol. The third-order valence-corrected chi connectivity index (χ3v) is 3.28. The van der Waals surface area contributed by atoms with Crippen LogP contribution in [0.5, 0.6) is 0 Å². The number of nitrogens with one attached hydrogen (secondary N) is 1. The predicted octanol–water partition coefficient (Wildman–Crippen LogP) is 2.13. The van der Waals surface area contributed by atoms with Crippen LogP contribution in [-0.2, 0) is 19.1 Å². The maximum absolute atomic E-state index is 11.9. The van der Waals surface area contributed by atoms with Crippen LogP contribution in [0.4, 0.5) is 5.69 Å². The van der Waals surface area contributed by atoms with Crippen molar-refractivity contribution >= 4 is 17.6 Å². The van der Waals surface area contributed by atoms with Crippen molar-refractivity contribution in [3.8, 4) is 5.69 Å². The van der Waals surface area contributed by atoms with Crippen molar-refractivity contribution in [2.45, 2.75) is 13.8 Å². The van der Waals surface area contributed by atoms with Gasteiger partial charge >= 0.3 is 11.9 Å². The largest absolute Gasteiger partial charge is 0.466 e. The van der Waals surface area contributed by atoms with Crippen LogP contribution in [0, 0.1) is 13.8 Å². The fraction of sp³-hybridized carbons (Fsp3) is 0.235. The number of ether oxygens (including phenoxy) is 2. The molecule has 0 fully saturated rings. The van der Waals surface area contributed by atoms with Gasteiger partial charge in [0, 0.05) is 5.69 Å². The van der Waals surface area contributed by atoms with Gasteiger partial charge in [-0.25, -0.2) is 14.3 Å². The Hall–Kier alpha value is -3.09. The van der Waals surface area contributed by atoms with Gasteiger partial charge in [0.25, 0.3) is 0 Å². The predicted molar refractivity (Wildman–Crippen MR) is 88.8 cm³/mol. The third-order valence-electron chi connectivity index (χ3n) is 3.28. The number of carbonyl (C=O) groups is 2. The first-order valence-corrected chi connectivity index (χ1v) is 7.24. The highest BCUT2D eigenvalue weighted by atomic mass is 16.5. The third kappa shape index (κ3) is 3.81. The number of rotatable bonds is 5. The molecule has 0 amide bonds. The zero-order chi connectivity index (χ0) is 17.7. The molecule has 1 aromatic carbocycles. The van der Waals surface area contributed by atoms with E-state index in [0.29, 0.717) is 5.69 Å². The SMILES string of the molecule is COC(=O)/C=C(/Nc1ccccc1-n1nc(C)cc1C)C(=O)OC. The number of aryl methyl sites for hydroxylation is 2. The Balaban J connectivity index is 2.45. The zero-order valence-electron chi connectivity index (χ0n) is 14.0. The Morgan fingerprint density at radius 1 is 1.17 bits per heavy atom. The van der Waals surface area contributed by atoms with Crippen LogP contribution in [0.25, 0.3) is 5.69 Å². The molecule has 0 saturated heterocycles. The molecule has 1 heterocycles. The normalized spacial score (nSPS) is 11.1. The molecule has 24 heavy (non-hydrogen) atoms. The summed E-state index contributed by atoms with van der Waals surface area (Å²) in [6.07, 6.45) is 1.05. The standard InChI is InChI=1S/C17H19N3O4/c1-11-9-12(2)20(19-11)15-8-6-5-7-13(15)18-14(17(22)24-4)10-16(21)23-3/h5-10,18H,1-4H3/b14-10+. The molecule has 2 aromatic rings. The molecular formula is C17H19N3O4. The van der Waals surface area contributed by atoms with E-state index in [-0.39, 0.29) is 5.70 Å². The number of methoxy groups -OCH3 is 2. The second kappa shape index (κ2) is 7.45. The summed E-state index contributed by atoms with van der Waals surface area (Å²) in [7, 11) is 2.47. The van der Waals surface area contributed by atoms with Gasteiger partial charge in [0.05, 0.1) is 37.4 Å². The smallest absolute Gasteiger partial charge is 0.354 e. The number of esters is 2. The summed E-state index contributed by atoms with van der Waals surface area (Å²) in [6, 6.07) is 9.25. The Labute approximate surface area is 139 Å². The van der Waals surface area contributed by atoms with Gasteiger partial charge in [-0.2, -0.15) is 5.10 Å². The van der Waals surface area contributed by atoms with Gasteiger partial charge in [-0.05, 0) is 32.0 Å². The molecule has 0 aliphatic rings. The van der Waals surface area contributed by atoms with Crippen molar-refractivity contribution in [3.63, 3.8) is 0 Å². The van der Waals surface area contributed by atoms with Crippen molar-refractivity contribution in [1.82, 2.24) is 9.78 Å². The molecule has 7 nitrogen and oxygen atoms in total. The summed E-state index contributed by atoms with van der Waals surface area (Å²) < 4.78 is 11.0. The lowest BCUT2D eigenvalue weighted by atomic mass is 10.2. The molecular weight excluding hydrogens is 310 g/mol. The Kier molecular flexibility index (Phi) is 5.36. The van der Waals surface area contributed by atoms with Crippen molar-refractivity contribution in [2.24, 2.45) is 0 Å². The first-order valence-electron chi connectivity index (χ1n) is 7.24. The highest BCUT2D eigenvalue weighted by molar-refractivity contribution is 5.99. The van der Waals surface area contributed by atoms with Crippen LogP contribution in [0.1, 0.15) is 11.4 Å². The van der Waals surface area contributed by atoms with E-state index in [1.807, 2.05) is 38.1 Å². The van der Waals surface area contributed by atoms with Crippen LogP contribution in [0.2, 0.25) is 0 Å². The fourth-order valence-electron chi connectivity index (χ4n) is 2.21. The van der Waals surface area contributed by atoms with Crippen LogP contribution < -0.4 is 5.32 Å². The molecule has 0 spiro atoms. The number of hydrogen-bond donors (Lipinski definition) is 1. The van der Waals surface area contributed by atoms with Crippen molar-refractivity contribution in [2.75, 3.05) is 19.5 Å². The number of hydrogen-bond acceptors (Lipinski definition) is 6. The van der Waals surface area contributed by atoms with Gasteiger partial charge < -0.3 is 14.8 Å². The van der Waals surface area contributed by atoms with E-state index in [2.05, 4.69) is 15.2 Å². The van der Waals surface area contributed by atoms with Gasteiger partial charge in [0.1, 0.15) is 5.70 Å². The summed E-state index contributed by atoms with van der Waals surface area (Å²) >= 11 is 0. The number of benzene rings is 1. The molecule has 1 N–H and O–H groups in total. The number of aromatic nitrogens is 2. The first kappa shape index (κ1) is 17.3. The number of anilines is 1. The molecule has 0 aliphatic carbocycles. The maximum atomic E-state index is 11.9. The van der Waals surface area contributed by atoms with E-state index in [1.54, 1.807) is 10.7 Å². The quantitative estimate of drug-likeness (QED) is 0.668. The fourth-order valence-corrected chi connectivity index (χ4v) is 2.21. The molecule has 7 heteroatoms. The molecule has 0 radical (unpaired) electrons. The van der Waals surface area contributed by atoms with Gasteiger partial charge in [0.15, 0.2) is 0 Å². The Bertz CT molecular complexity index is 793. The minimum Gasteiger partial charge on any atom is -0.466 e. The minimum atomic E-state index is -0.677. The van der Waals surface area contributed by atoms with E-state index in [0.717, 1.165) is 23.2 Å². The van der Waals surface area contributed by atoms with Gasteiger partial charge in [-0.1, -0.05) is 12.1 Å². The first-order chi connectivity index (χ1) is 11.5. The van der Waals surface area contributed by atoms with E-state index in [1.165, 1.54) is 14.2 Å². The van der Waals surface area contributed by atoms with E-state index in [4.69, 9.17) is 4.74 Å². The van der Waals surface area contributed by atoms with E-state index in [9.17, 15) is 9.59 Å². The molecule has 0 atom stereocenters. The molecule has 0 saturated carbocycles. The zero-order valence-corrected chi connectivity index (χ0v) is 14.0. The lowest BCUT2D eigenvalue weighted by molar-refractivity contribution is -0.138. The summed E-state index contributed by atoms with van der Waals surface area (Å²) in [5.41, 5.74) is 3.13. The van der Waals surface area contributed by atoms with Crippen LogP contribution in [-0.4, -0.2) is 35.9 Å². The second-order valence-electron chi connectivity index (χ2n) is 5.05. The topological polar surface area (TPSA) is 82.5 Å². The highest BCUT2D eigenvalue weighted by Crippen LogP contribution is 2.23. The summed E-state index contributed by atoms with van der Waals surface area (Å²) in [5, 5.41) is 7.36. The Morgan fingerprint density at radius 3 is 2.46 bits per heavy atom. The summed E-state index contributed by atoms with van der Waals surface area (Å²) in [5.74, 6) is -1.34. The molecule has 1 aromatic heterocycles. The van der Waals surface area contributed by atoms with Gasteiger partial charge in [-0.15, -0.1) is 0 Å². The van der Waals surface area contributed by atoms with Crippen LogP contribution in [0.15, 0.2) is 42.1 Å². The lowest BCUT2D eigenvalue weighted by Gasteiger charge is -2.14. The molecule has 0 bridgehead atoms. The van der Waals surface area contributed by atoms with Gasteiger partial charge in [-0.3, -0.25) is 0 Å². The molecule has 2 rings (SSSR count). The van der Waals surface area contributed by atoms with Gasteiger partial charge in [0.2, 0.25) is 0 Å². The van der Waals surface area contributed by atoms with Crippen molar-refractivity contribution in [1.29, 1.82) is 0 Å². The summed E-state index contributed by atoms with van der Waals surface area (Å²) in [6.45, 7) is 3.83. The van der Waals surface area contributed by atoms with E-state index >= 15 is 0 Å². The van der Waals surface area contributed by atoms with E-state index < -0.39 is 11.9 Å². The molecule has 0 unspecified atom stereocenters. The highest BCUT2D eigenvalue weighted by Gasteiger charge is 2.16. The average molecular weight is 329 g/mol. The number of para-hydroxylation sites is 2. The lowest BCUT2D eigenvalue weighted by Crippen LogP contribution is -2.16. The maximum Gasteiger partial charge on any atom is 0.354 e. The molecule has 126 valence electrons. The van der Waals surface area contributed by atoms with Crippen molar-refractivity contribution in [3.05, 3.63) is 53.5 Å². The van der Waals surface area contributed by atoms with Crippen LogP contribution in [0.3, 0.4) is 0 Å². The average Bonchev–Trinajstić information content (AvgIpc) is 2.92. The van der Waals surface area contributed by atoms with Crippen LogP contribution >= 0.6 is 0 Å². The van der Waals surface area contributed by atoms with Crippen molar-refractivity contribution < 1.29 is 19.1 Å². The second-order valence-corrected chi connectivity index (χ2v) is 5.05. The Morgan fingerprint density at radius 2 is 1.88 bits per heavy atom. The number of nitrogens with zero attached hydrogens (tertiary/aromatic N) is 2.